The molecule has 6 heteroatoms. The molecule has 0 aliphatic rings. The second kappa shape index (κ2) is 5.78. The highest BCUT2D eigenvalue weighted by molar-refractivity contribution is 6.01. The minimum atomic E-state index is -0.848. The van der Waals surface area contributed by atoms with Crippen LogP contribution in [0.4, 0.5) is 14.5 Å². The molecule has 0 heterocycles. The molecule has 21 heavy (non-hydrogen) atoms. The highest BCUT2D eigenvalue weighted by Crippen LogP contribution is 2.22. The van der Waals surface area contributed by atoms with Crippen LogP contribution in [-0.2, 0) is 6.42 Å². The molecule has 0 atom stereocenters. The van der Waals surface area contributed by atoms with E-state index in [4.69, 9.17) is 0 Å². The van der Waals surface area contributed by atoms with Crippen LogP contribution in [0.5, 0.6) is 0 Å². The van der Waals surface area contributed by atoms with Crippen LogP contribution in [0, 0.1) is 28.7 Å². The van der Waals surface area contributed by atoms with E-state index in [2.05, 4.69) is 0 Å². The Kier molecular flexibility index (Phi) is 4.07. The Morgan fingerprint density at radius 2 is 1.90 bits per heavy atom. The summed E-state index contributed by atoms with van der Waals surface area (Å²) in [5.41, 5.74) is 0.276. The first-order chi connectivity index (χ1) is 9.88. The normalized spacial score (nSPS) is 10.4. The SMILES string of the molecule is Cc1ccc([N+](=O)[O-])c(C(=O)Cc2ccc(F)cc2F)c1. The van der Waals surface area contributed by atoms with Crippen molar-refractivity contribution in [3.05, 3.63) is 74.8 Å². The lowest BCUT2D eigenvalue weighted by molar-refractivity contribution is -0.385. The van der Waals surface area contributed by atoms with Crippen molar-refractivity contribution in [1.82, 2.24) is 0 Å². The number of nitro groups is 1. The van der Waals surface area contributed by atoms with Crippen molar-refractivity contribution in [2.45, 2.75) is 13.3 Å². The number of carbonyl (C=O) groups excluding carboxylic acids is 1. The highest BCUT2D eigenvalue weighted by Gasteiger charge is 2.21. The van der Waals surface area contributed by atoms with Gasteiger partial charge in [-0.2, -0.15) is 0 Å². The number of ketones is 1. The van der Waals surface area contributed by atoms with Crippen LogP contribution in [0.2, 0.25) is 0 Å². The molecular formula is C15H11F2NO3. The van der Waals surface area contributed by atoms with Gasteiger partial charge in [0.1, 0.15) is 11.6 Å². The molecule has 0 amide bonds. The summed E-state index contributed by atoms with van der Waals surface area (Å²) in [6.45, 7) is 1.69. The molecule has 0 N–H and O–H groups in total. The first-order valence-electron chi connectivity index (χ1n) is 6.10. The van der Waals surface area contributed by atoms with Crippen molar-refractivity contribution in [3.63, 3.8) is 0 Å². The number of Topliss-reactive ketones (excluding diaryl/α,β-unsaturated/α-hetero) is 1. The van der Waals surface area contributed by atoms with Gasteiger partial charge in [-0.15, -0.1) is 0 Å². The first kappa shape index (κ1) is 14.8. The molecule has 2 aromatic carbocycles. The molecule has 2 rings (SSSR count). The van der Waals surface area contributed by atoms with Crippen LogP contribution in [-0.4, -0.2) is 10.7 Å². The summed E-state index contributed by atoms with van der Waals surface area (Å²) in [6.07, 6.45) is -0.365. The van der Waals surface area contributed by atoms with Crippen LogP contribution < -0.4 is 0 Å². The van der Waals surface area contributed by atoms with Crippen LogP contribution in [0.15, 0.2) is 36.4 Å². The molecule has 0 fully saturated rings. The Morgan fingerprint density at radius 3 is 2.52 bits per heavy atom. The van der Waals surface area contributed by atoms with Gasteiger partial charge < -0.3 is 0 Å². The topological polar surface area (TPSA) is 60.2 Å². The molecule has 0 aromatic heterocycles. The summed E-state index contributed by atoms with van der Waals surface area (Å²) in [7, 11) is 0. The summed E-state index contributed by atoms with van der Waals surface area (Å²) >= 11 is 0. The molecule has 0 aliphatic heterocycles. The van der Waals surface area contributed by atoms with E-state index in [-0.39, 0.29) is 23.2 Å². The molecule has 0 bridgehead atoms. The molecular weight excluding hydrogens is 280 g/mol. The zero-order chi connectivity index (χ0) is 15.6. The van der Waals surface area contributed by atoms with Crippen molar-refractivity contribution in [1.29, 1.82) is 0 Å². The van der Waals surface area contributed by atoms with E-state index in [1.807, 2.05) is 0 Å². The average molecular weight is 291 g/mol. The van der Waals surface area contributed by atoms with E-state index in [0.29, 0.717) is 11.6 Å². The molecule has 0 spiro atoms. The fourth-order valence-electron chi connectivity index (χ4n) is 1.97. The summed E-state index contributed by atoms with van der Waals surface area (Å²) in [6, 6.07) is 7.02. The number of hydrogen-bond donors (Lipinski definition) is 0. The Hall–Kier alpha value is -2.63. The van der Waals surface area contributed by atoms with Gasteiger partial charge in [0.2, 0.25) is 0 Å². The van der Waals surface area contributed by atoms with Crippen molar-refractivity contribution < 1.29 is 18.5 Å². The van der Waals surface area contributed by atoms with Crippen molar-refractivity contribution in [3.8, 4) is 0 Å². The standard InChI is InChI=1S/C15H11F2NO3/c1-9-2-5-14(18(20)21)12(6-9)15(19)7-10-3-4-11(16)8-13(10)17/h2-6,8H,7H2,1H3. The predicted octanol–water partition coefficient (Wildman–Crippen LogP) is 3.61. The zero-order valence-corrected chi connectivity index (χ0v) is 11.1. The van der Waals surface area contributed by atoms with E-state index in [0.717, 1.165) is 12.1 Å². The number of halogens is 2. The number of carbonyl (C=O) groups is 1. The lowest BCUT2D eigenvalue weighted by atomic mass is 9.99. The first-order valence-corrected chi connectivity index (χ1v) is 6.10. The number of rotatable bonds is 4. The second-order valence-corrected chi connectivity index (χ2v) is 4.61. The minimum absolute atomic E-state index is 0.00259. The smallest absolute Gasteiger partial charge is 0.280 e. The molecule has 2 aromatic rings. The number of nitro benzene ring substituents is 1. The maximum absolute atomic E-state index is 13.5. The highest BCUT2D eigenvalue weighted by atomic mass is 19.1. The molecule has 0 aliphatic carbocycles. The zero-order valence-electron chi connectivity index (χ0n) is 11.1. The van der Waals surface area contributed by atoms with Gasteiger partial charge in [0.05, 0.1) is 10.5 Å². The van der Waals surface area contributed by atoms with E-state index in [9.17, 15) is 23.7 Å². The third-order valence-corrected chi connectivity index (χ3v) is 3.02. The van der Waals surface area contributed by atoms with Crippen molar-refractivity contribution in [2.24, 2.45) is 0 Å². The van der Waals surface area contributed by atoms with Crippen LogP contribution in [0.3, 0.4) is 0 Å². The number of hydrogen-bond acceptors (Lipinski definition) is 3. The van der Waals surface area contributed by atoms with Crippen molar-refractivity contribution in [2.75, 3.05) is 0 Å². The Balaban J connectivity index is 2.36. The maximum Gasteiger partial charge on any atom is 0.280 e. The molecule has 4 nitrogen and oxygen atoms in total. The number of benzene rings is 2. The quantitative estimate of drug-likeness (QED) is 0.491. The second-order valence-electron chi connectivity index (χ2n) is 4.61. The fraction of sp³-hybridized carbons (Fsp3) is 0.133. The summed E-state index contributed by atoms with van der Waals surface area (Å²) in [5, 5.41) is 10.9. The van der Waals surface area contributed by atoms with Gasteiger partial charge in [0, 0.05) is 18.6 Å². The van der Waals surface area contributed by atoms with E-state index in [1.54, 1.807) is 6.92 Å². The molecule has 0 saturated carbocycles. The van der Waals surface area contributed by atoms with Crippen LogP contribution in [0.1, 0.15) is 21.5 Å². The molecule has 0 unspecified atom stereocenters. The van der Waals surface area contributed by atoms with Gasteiger partial charge in [-0.05, 0) is 30.2 Å². The van der Waals surface area contributed by atoms with Crippen LogP contribution >= 0.6 is 0 Å². The van der Waals surface area contributed by atoms with Gasteiger partial charge in [-0.3, -0.25) is 14.9 Å². The third kappa shape index (κ3) is 3.28. The summed E-state index contributed by atoms with van der Waals surface area (Å²) in [5.74, 6) is -2.18. The summed E-state index contributed by atoms with van der Waals surface area (Å²) < 4.78 is 26.4. The fourth-order valence-corrected chi connectivity index (χ4v) is 1.97. The Morgan fingerprint density at radius 1 is 1.19 bits per heavy atom. The van der Waals surface area contributed by atoms with Gasteiger partial charge in [-0.1, -0.05) is 12.1 Å². The van der Waals surface area contributed by atoms with Gasteiger partial charge in [-0.25, -0.2) is 8.78 Å². The molecule has 0 saturated heterocycles. The predicted molar refractivity (Wildman–Crippen MR) is 72.2 cm³/mol. The van der Waals surface area contributed by atoms with E-state index < -0.39 is 22.3 Å². The molecule has 0 radical (unpaired) electrons. The largest absolute Gasteiger partial charge is 0.294 e. The minimum Gasteiger partial charge on any atom is -0.294 e. The van der Waals surface area contributed by atoms with E-state index in [1.165, 1.54) is 18.2 Å². The summed E-state index contributed by atoms with van der Waals surface area (Å²) in [4.78, 5) is 22.4. The number of aryl methyl sites for hydroxylation is 1. The Labute approximate surface area is 119 Å². The van der Waals surface area contributed by atoms with Gasteiger partial charge in [0.15, 0.2) is 5.78 Å². The van der Waals surface area contributed by atoms with Gasteiger partial charge >= 0.3 is 0 Å². The lowest BCUT2D eigenvalue weighted by Gasteiger charge is -2.05. The monoisotopic (exact) mass is 291 g/mol. The van der Waals surface area contributed by atoms with Gasteiger partial charge in [0.25, 0.3) is 5.69 Å². The van der Waals surface area contributed by atoms with Crippen molar-refractivity contribution >= 4 is 11.5 Å². The Bertz CT molecular complexity index is 729. The number of nitrogens with zero attached hydrogens (tertiary/aromatic N) is 1. The maximum atomic E-state index is 13.5. The third-order valence-electron chi connectivity index (χ3n) is 3.02. The average Bonchev–Trinajstić information content (AvgIpc) is 2.41. The molecule has 108 valence electrons. The van der Waals surface area contributed by atoms with Crippen LogP contribution in [0.25, 0.3) is 0 Å². The van der Waals surface area contributed by atoms with E-state index >= 15 is 0 Å². The lowest BCUT2D eigenvalue weighted by Crippen LogP contribution is -2.08.